The van der Waals surface area contributed by atoms with Gasteiger partial charge in [0.05, 0.1) is 47.6 Å². The van der Waals surface area contributed by atoms with Crippen LogP contribution in [0.1, 0.15) is 80.9 Å². The van der Waals surface area contributed by atoms with Crippen molar-refractivity contribution in [1.82, 2.24) is 25.5 Å². The number of unbranched alkanes of at least 4 members (excludes halogenated alkanes) is 1. The zero-order valence-corrected chi connectivity index (χ0v) is 39.8. The van der Waals surface area contributed by atoms with Crippen molar-refractivity contribution in [3.63, 3.8) is 0 Å². The number of aromatic nitrogens is 2. The van der Waals surface area contributed by atoms with E-state index in [9.17, 15) is 47.5 Å². The van der Waals surface area contributed by atoms with E-state index in [0.717, 1.165) is 17.0 Å². The number of likely N-dealkylation sites (tertiary alicyclic amines) is 1. The Labute approximate surface area is 406 Å². The van der Waals surface area contributed by atoms with Crippen LogP contribution in [0.5, 0.6) is 5.88 Å². The van der Waals surface area contributed by atoms with Gasteiger partial charge in [-0.25, -0.2) is 9.37 Å². The van der Waals surface area contributed by atoms with Crippen LogP contribution in [0.25, 0.3) is 11.3 Å². The number of β-amino-alcohol motifs (C(OH)–C–C–N with tert-alkyl or cyclic N) is 1. The molecule has 2 aromatic heterocycles. The van der Waals surface area contributed by atoms with Gasteiger partial charge in [-0.1, -0.05) is 32.9 Å². The van der Waals surface area contributed by atoms with Crippen LogP contribution in [0.15, 0.2) is 73.1 Å². The summed E-state index contributed by atoms with van der Waals surface area (Å²) in [5, 5.41) is 25.2. The van der Waals surface area contributed by atoms with Crippen LogP contribution in [0.4, 0.5) is 28.9 Å². The average molecular weight is 992 g/mol. The average Bonchev–Trinajstić information content (AvgIpc) is 3.78. The first-order valence-corrected chi connectivity index (χ1v) is 22.6. The number of rotatable bonds is 17. The quantitative estimate of drug-likeness (QED) is 0.0529. The van der Waals surface area contributed by atoms with Crippen LogP contribution < -0.4 is 30.9 Å². The smallest absolute Gasteiger partial charge is 0.420 e. The molecule has 0 radical (unpaired) electrons. The maximum Gasteiger partial charge on any atom is 0.420 e. The first-order chi connectivity index (χ1) is 32.9. The van der Waals surface area contributed by atoms with E-state index in [1.54, 1.807) is 75.5 Å². The molecule has 4 atom stereocenters. The Morgan fingerprint density at radius 2 is 1.70 bits per heavy atom. The molecule has 17 nitrogen and oxygen atoms in total. The molecular weight excluding hydrogens is 939 g/mol. The van der Waals surface area contributed by atoms with Crippen LogP contribution in [0.2, 0.25) is 0 Å². The number of primary amides is 1. The number of halogens is 4. The molecular formula is C48H53F4N9O8S. The van der Waals surface area contributed by atoms with E-state index in [1.165, 1.54) is 35.9 Å². The van der Waals surface area contributed by atoms with Crippen molar-refractivity contribution in [2.24, 2.45) is 11.1 Å². The van der Waals surface area contributed by atoms with Crippen LogP contribution >= 0.6 is 12.6 Å². The second-order valence-corrected chi connectivity index (χ2v) is 18.8. The van der Waals surface area contributed by atoms with E-state index in [4.69, 9.17) is 15.2 Å². The van der Waals surface area contributed by atoms with Crippen molar-refractivity contribution in [2.75, 3.05) is 36.2 Å². The zero-order chi connectivity index (χ0) is 51.3. The third-order valence-electron chi connectivity index (χ3n) is 11.8. The Balaban J connectivity index is 0.948. The van der Waals surface area contributed by atoms with Crippen molar-refractivity contribution < 1.29 is 56.1 Å². The van der Waals surface area contributed by atoms with Gasteiger partial charge in [-0.15, -0.1) is 12.6 Å². The van der Waals surface area contributed by atoms with Gasteiger partial charge >= 0.3 is 6.18 Å². The highest BCUT2D eigenvalue weighted by Gasteiger charge is 2.53. The number of nitriles is 1. The molecule has 0 spiro atoms. The summed E-state index contributed by atoms with van der Waals surface area (Å²) in [6, 6.07) is 14.2. The Morgan fingerprint density at radius 3 is 2.30 bits per heavy atom. The number of anilines is 2. The van der Waals surface area contributed by atoms with Crippen molar-refractivity contribution in [3.8, 4) is 23.2 Å². The van der Waals surface area contributed by atoms with Crippen LogP contribution in [0, 0.1) is 22.6 Å². The van der Waals surface area contributed by atoms with Gasteiger partial charge in [-0.2, -0.15) is 18.4 Å². The van der Waals surface area contributed by atoms with Crippen molar-refractivity contribution in [3.05, 3.63) is 101 Å². The third kappa shape index (κ3) is 11.8. The number of nitrogens with zero attached hydrogens (tertiary/aromatic N) is 6. The van der Waals surface area contributed by atoms with Crippen LogP contribution in [-0.2, 0) is 36.6 Å². The summed E-state index contributed by atoms with van der Waals surface area (Å²) in [6.45, 7) is 8.56. The van der Waals surface area contributed by atoms with Gasteiger partial charge in [0.1, 0.15) is 29.8 Å². The Morgan fingerprint density at radius 1 is 1.00 bits per heavy atom. The number of nitrogens with one attached hydrogen (secondary N) is 2. The SMILES string of the molecule is CC(C)(C)[C@H](NC(=O)COCCCCOc1ccc(-c2ccc(N3C(S)N(c4ccc(C#N)c(C(F)(F)F)c4F)C(=O)C3(C)C)cn2)cn1)C(=O)N1C[C@H](O)C[C@H]1C(=O)NCc1ccc(C(N)=O)cc1. The van der Waals surface area contributed by atoms with Crippen molar-refractivity contribution in [2.45, 2.75) is 95.8 Å². The summed E-state index contributed by atoms with van der Waals surface area (Å²) in [5.41, 5.74) is 1.04. The maximum atomic E-state index is 15.4. The Kier molecular flexibility index (Phi) is 16.1. The lowest BCUT2D eigenvalue weighted by Crippen LogP contribution is -2.58. The lowest BCUT2D eigenvalue weighted by Gasteiger charge is -2.35. The predicted octanol–water partition coefficient (Wildman–Crippen LogP) is 5.10. The first kappa shape index (κ1) is 52.5. The fourth-order valence-electron chi connectivity index (χ4n) is 8.10. The topological polar surface area (TPSA) is 233 Å². The Hall–Kier alpha value is -6.83. The highest BCUT2D eigenvalue weighted by molar-refractivity contribution is 7.81. The van der Waals surface area contributed by atoms with E-state index >= 15 is 4.39 Å². The number of ether oxygens (including phenoxy) is 2. The number of carbonyl (C=O) groups excluding carboxylic acids is 5. The largest absolute Gasteiger partial charge is 0.478 e. The van der Waals surface area contributed by atoms with Gasteiger partial charge in [0.25, 0.3) is 5.91 Å². The van der Waals surface area contributed by atoms with Gasteiger partial charge < -0.3 is 40.7 Å². The molecule has 2 fully saturated rings. The minimum atomic E-state index is -5.19. The molecule has 70 heavy (non-hydrogen) atoms. The summed E-state index contributed by atoms with van der Waals surface area (Å²) >= 11 is 4.52. The number of amides is 5. The molecule has 372 valence electrons. The normalized spacial score (nSPS) is 18.3. The highest BCUT2D eigenvalue weighted by atomic mass is 32.1. The van der Waals surface area contributed by atoms with Gasteiger partial charge in [0.2, 0.25) is 29.5 Å². The second kappa shape index (κ2) is 21.4. The number of aliphatic hydroxyl groups is 1. The molecule has 5 amide bonds. The fraction of sp³-hybridized carbons (Fsp3) is 0.417. The molecule has 22 heteroatoms. The molecule has 2 saturated heterocycles. The number of alkyl halides is 3. The molecule has 4 heterocycles. The molecule has 4 aromatic rings. The molecule has 2 aliphatic rings. The van der Waals surface area contributed by atoms with Crippen molar-refractivity contribution >= 4 is 53.5 Å². The lowest BCUT2D eigenvalue weighted by molar-refractivity contribution is -0.144. The molecule has 1 unspecified atom stereocenters. The van der Waals surface area contributed by atoms with Crippen LogP contribution in [0.3, 0.4) is 0 Å². The molecule has 0 aliphatic carbocycles. The van der Waals surface area contributed by atoms with Gasteiger partial charge in [-0.3, -0.25) is 33.9 Å². The molecule has 0 bridgehead atoms. The Bertz CT molecular complexity index is 2630. The number of pyridine rings is 2. The molecule has 2 aromatic carbocycles. The fourth-order valence-corrected chi connectivity index (χ4v) is 8.75. The molecule has 5 N–H and O–H groups in total. The van der Waals surface area contributed by atoms with Crippen molar-refractivity contribution in [1.29, 1.82) is 5.26 Å². The zero-order valence-electron chi connectivity index (χ0n) is 38.9. The number of hydrogen-bond donors (Lipinski definition) is 5. The molecule has 6 rings (SSSR count). The summed E-state index contributed by atoms with van der Waals surface area (Å²) in [4.78, 5) is 77.5. The standard InChI is InChI=1S/C48H53F4N9O8S/c1-46(2,3)40(43(66)59-25-32(62)20-35(59)42(65)57-22-27-8-10-28(11-9-27)41(54)64)58-36(63)26-68-18-6-7-19-69-37-17-13-30(23-56-37)33-15-14-31(24-55-33)61-45(70)60(44(67)47(61,4)5)34-16-12-29(21-53)38(39(34)49)48(50,51)52/h8-17,23-24,32,35,40,45,62,70H,6-7,18-20,22,25-26H2,1-5H3,(H2,54,64)(H,57,65)(H,58,63)/t32-,35+,40-,45?/m1/s1. The number of benzene rings is 2. The molecule has 0 saturated carbocycles. The van der Waals surface area contributed by atoms with E-state index in [2.05, 4.69) is 33.2 Å². The van der Waals surface area contributed by atoms with Gasteiger partial charge in [-0.05, 0) is 80.1 Å². The lowest BCUT2D eigenvalue weighted by atomic mass is 9.85. The predicted molar refractivity (Wildman–Crippen MR) is 250 cm³/mol. The molecule has 2 aliphatic heterocycles. The maximum absolute atomic E-state index is 15.4. The summed E-state index contributed by atoms with van der Waals surface area (Å²) in [7, 11) is 0. The van der Waals surface area contributed by atoms with Crippen LogP contribution in [-0.4, -0.2) is 105 Å². The number of aliphatic hydroxyl groups excluding tert-OH is 1. The number of thiol groups is 1. The summed E-state index contributed by atoms with van der Waals surface area (Å²) in [6.07, 6.45) is -2.03. The van der Waals surface area contributed by atoms with E-state index < -0.39 is 93.0 Å². The third-order valence-corrected chi connectivity index (χ3v) is 12.3. The monoisotopic (exact) mass is 991 g/mol. The second-order valence-electron chi connectivity index (χ2n) is 18.3. The van der Waals surface area contributed by atoms with E-state index in [-0.39, 0.29) is 39.3 Å². The number of hydrogen-bond acceptors (Lipinski definition) is 13. The minimum absolute atomic E-state index is 0.0210. The summed E-state index contributed by atoms with van der Waals surface area (Å²) in [5.74, 6) is -4.26. The highest BCUT2D eigenvalue weighted by Crippen LogP contribution is 2.44. The van der Waals surface area contributed by atoms with Gasteiger partial charge in [0, 0.05) is 49.5 Å². The number of carbonyl (C=O) groups is 5. The van der Waals surface area contributed by atoms with E-state index in [1.807, 2.05) is 0 Å². The summed E-state index contributed by atoms with van der Waals surface area (Å²) < 4.78 is 68.1. The first-order valence-electron chi connectivity index (χ1n) is 22.1. The van der Waals surface area contributed by atoms with Gasteiger partial charge in [0.15, 0.2) is 11.3 Å². The number of nitrogens with two attached hydrogens (primary N) is 1. The van der Waals surface area contributed by atoms with E-state index in [0.29, 0.717) is 46.8 Å². The minimum Gasteiger partial charge on any atom is -0.478 e.